The molecule has 2 amide bonds. The van der Waals surface area contributed by atoms with Gasteiger partial charge in [0.2, 0.25) is 11.8 Å². The van der Waals surface area contributed by atoms with Gasteiger partial charge in [0, 0.05) is 5.38 Å². The third-order valence-electron chi connectivity index (χ3n) is 2.00. The Kier molecular flexibility index (Phi) is 5.58. The van der Waals surface area contributed by atoms with Crippen molar-refractivity contribution in [1.82, 2.24) is 15.6 Å². The van der Waals surface area contributed by atoms with Crippen LogP contribution in [-0.2, 0) is 22.6 Å². The van der Waals surface area contributed by atoms with Crippen molar-refractivity contribution in [3.63, 3.8) is 0 Å². The Labute approximate surface area is 104 Å². The number of thiazole rings is 1. The Balaban J connectivity index is 2.25. The Morgan fingerprint density at radius 3 is 2.76 bits per heavy atom. The molecule has 0 aliphatic rings. The van der Waals surface area contributed by atoms with E-state index in [0.29, 0.717) is 6.54 Å². The summed E-state index contributed by atoms with van der Waals surface area (Å²) in [5.41, 5.74) is 5.93. The van der Waals surface area contributed by atoms with Crippen LogP contribution in [0.25, 0.3) is 0 Å². The van der Waals surface area contributed by atoms with Crippen LogP contribution in [0.5, 0.6) is 0 Å². The van der Waals surface area contributed by atoms with Gasteiger partial charge in [-0.05, 0) is 6.42 Å². The predicted molar refractivity (Wildman–Crippen MR) is 65.4 cm³/mol. The minimum absolute atomic E-state index is 0.0548. The predicted octanol–water partition coefficient (Wildman–Crippen LogP) is -0.603. The van der Waals surface area contributed by atoms with Crippen LogP contribution in [0.1, 0.15) is 17.6 Å². The molecule has 94 valence electrons. The molecule has 0 aliphatic heterocycles. The van der Waals surface area contributed by atoms with Crippen LogP contribution >= 0.6 is 11.3 Å². The van der Waals surface area contributed by atoms with E-state index in [1.807, 2.05) is 12.3 Å². The Morgan fingerprint density at radius 2 is 2.18 bits per heavy atom. The highest BCUT2D eigenvalue weighted by Gasteiger charge is 2.05. The van der Waals surface area contributed by atoms with E-state index in [1.165, 1.54) is 0 Å². The lowest BCUT2D eigenvalue weighted by molar-refractivity contribution is -0.125. The number of carbonyl (C=O) groups excluding carboxylic acids is 2. The first-order chi connectivity index (χ1) is 8.15. The summed E-state index contributed by atoms with van der Waals surface area (Å²) in [4.78, 5) is 26.4. The molecule has 0 atom stereocenters. The van der Waals surface area contributed by atoms with Crippen molar-refractivity contribution in [2.24, 2.45) is 5.73 Å². The smallest absolute Gasteiger partial charge is 0.239 e. The number of rotatable bonds is 6. The maximum Gasteiger partial charge on any atom is 0.239 e. The standard InChI is InChI=1S/C10H16N4O2S/c1-2-10-14-7(6-17-10)4-12-9(16)5-13-8(15)3-11/h6H,2-5,11H2,1H3,(H,12,16)(H,13,15). The number of aryl methyl sites for hydroxylation is 1. The summed E-state index contributed by atoms with van der Waals surface area (Å²) < 4.78 is 0. The van der Waals surface area contributed by atoms with Crippen LogP contribution < -0.4 is 16.4 Å². The minimum Gasteiger partial charge on any atom is -0.349 e. The van der Waals surface area contributed by atoms with Crippen molar-refractivity contribution in [2.75, 3.05) is 13.1 Å². The molecule has 1 rings (SSSR count). The quantitative estimate of drug-likeness (QED) is 0.633. The zero-order valence-corrected chi connectivity index (χ0v) is 10.5. The van der Waals surface area contributed by atoms with Crippen LogP contribution in [0, 0.1) is 0 Å². The summed E-state index contributed by atoms with van der Waals surface area (Å²) in [6, 6.07) is 0. The molecule has 1 heterocycles. The molecule has 0 bridgehead atoms. The molecular weight excluding hydrogens is 240 g/mol. The summed E-state index contributed by atoms with van der Waals surface area (Å²) in [6.07, 6.45) is 0.894. The van der Waals surface area contributed by atoms with Crippen LogP contribution in [0.3, 0.4) is 0 Å². The Morgan fingerprint density at radius 1 is 1.41 bits per heavy atom. The van der Waals surface area contributed by atoms with Crippen molar-refractivity contribution in [1.29, 1.82) is 0 Å². The van der Waals surface area contributed by atoms with Crippen LogP contribution in [-0.4, -0.2) is 29.9 Å². The van der Waals surface area contributed by atoms with E-state index >= 15 is 0 Å². The summed E-state index contributed by atoms with van der Waals surface area (Å²) in [7, 11) is 0. The number of hydrogen-bond acceptors (Lipinski definition) is 5. The zero-order valence-electron chi connectivity index (χ0n) is 9.66. The van der Waals surface area contributed by atoms with Gasteiger partial charge in [0.25, 0.3) is 0 Å². The van der Waals surface area contributed by atoms with Gasteiger partial charge in [-0.25, -0.2) is 4.98 Å². The third-order valence-corrected chi connectivity index (χ3v) is 3.04. The number of hydrogen-bond donors (Lipinski definition) is 3. The van der Waals surface area contributed by atoms with Crippen molar-refractivity contribution >= 4 is 23.2 Å². The van der Waals surface area contributed by atoms with Gasteiger partial charge in [0.1, 0.15) is 0 Å². The van der Waals surface area contributed by atoms with E-state index in [1.54, 1.807) is 11.3 Å². The minimum atomic E-state index is -0.345. The molecule has 0 saturated heterocycles. The normalized spacial score (nSPS) is 10.0. The fraction of sp³-hybridized carbons (Fsp3) is 0.500. The third kappa shape index (κ3) is 4.92. The first-order valence-electron chi connectivity index (χ1n) is 5.32. The van der Waals surface area contributed by atoms with Crippen LogP contribution in [0.2, 0.25) is 0 Å². The monoisotopic (exact) mass is 256 g/mol. The lowest BCUT2D eigenvalue weighted by Gasteiger charge is -2.04. The second kappa shape index (κ2) is 6.97. The first-order valence-corrected chi connectivity index (χ1v) is 6.20. The molecule has 0 fully saturated rings. The summed E-state index contributed by atoms with van der Waals surface area (Å²) >= 11 is 1.57. The van der Waals surface area contributed by atoms with E-state index in [-0.39, 0.29) is 24.9 Å². The highest BCUT2D eigenvalue weighted by molar-refractivity contribution is 7.09. The van der Waals surface area contributed by atoms with Gasteiger partial charge in [0.05, 0.1) is 30.3 Å². The van der Waals surface area contributed by atoms with Gasteiger partial charge < -0.3 is 16.4 Å². The average molecular weight is 256 g/mol. The lowest BCUT2D eigenvalue weighted by atomic mass is 10.4. The van der Waals surface area contributed by atoms with Gasteiger partial charge in [-0.2, -0.15) is 0 Å². The molecule has 1 aromatic rings. The molecule has 17 heavy (non-hydrogen) atoms. The zero-order chi connectivity index (χ0) is 12.7. The summed E-state index contributed by atoms with van der Waals surface area (Å²) in [5, 5.41) is 8.02. The Hall–Kier alpha value is -1.47. The van der Waals surface area contributed by atoms with Gasteiger partial charge in [-0.15, -0.1) is 11.3 Å². The maximum atomic E-state index is 11.3. The van der Waals surface area contributed by atoms with Gasteiger partial charge in [0.15, 0.2) is 0 Å². The molecule has 0 spiro atoms. The fourth-order valence-corrected chi connectivity index (χ4v) is 1.84. The Bertz CT molecular complexity index is 391. The van der Waals surface area contributed by atoms with E-state index < -0.39 is 0 Å². The molecule has 6 nitrogen and oxygen atoms in total. The van der Waals surface area contributed by atoms with Gasteiger partial charge in [-0.3, -0.25) is 9.59 Å². The largest absolute Gasteiger partial charge is 0.349 e. The first kappa shape index (κ1) is 13.6. The highest BCUT2D eigenvalue weighted by atomic mass is 32.1. The fourth-order valence-electron chi connectivity index (χ4n) is 1.10. The van der Waals surface area contributed by atoms with Crippen molar-refractivity contribution in [2.45, 2.75) is 19.9 Å². The highest BCUT2D eigenvalue weighted by Crippen LogP contribution is 2.09. The van der Waals surface area contributed by atoms with Crippen molar-refractivity contribution < 1.29 is 9.59 Å². The maximum absolute atomic E-state index is 11.3. The van der Waals surface area contributed by atoms with E-state index in [9.17, 15) is 9.59 Å². The van der Waals surface area contributed by atoms with Crippen LogP contribution in [0.4, 0.5) is 0 Å². The molecule has 0 unspecified atom stereocenters. The molecule has 7 heteroatoms. The number of aromatic nitrogens is 1. The van der Waals surface area contributed by atoms with Gasteiger partial charge in [-0.1, -0.05) is 6.92 Å². The van der Waals surface area contributed by atoms with E-state index in [2.05, 4.69) is 15.6 Å². The number of nitrogens with one attached hydrogen (secondary N) is 2. The molecule has 0 aromatic carbocycles. The average Bonchev–Trinajstić information content (AvgIpc) is 2.81. The number of amides is 2. The van der Waals surface area contributed by atoms with E-state index in [0.717, 1.165) is 17.1 Å². The lowest BCUT2D eigenvalue weighted by Crippen LogP contribution is -2.39. The summed E-state index contributed by atoms with van der Waals surface area (Å²) in [5.74, 6) is -0.597. The molecule has 0 aliphatic carbocycles. The second-order valence-electron chi connectivity index (χ2n) is 3.34. The summed E-state index contributed by atoms with van der Waals surface area (Å²) in [6.45, 7) is 2.25. The van der Waals surface area contributed by atoms with E-state index in [4.69, 9.17) is 5.73 Å². The SMILES string of the molecule is CCc1nc(CNC(=O)CNC(=O)CN)cs1. The second-order valence-corrected chi connectivity index (χ2v) is 4.29. The molecular formula is C10H16N4O2S. The number of nitrogens with zero attached hydrogens (tertiary/aromatic N) is 1. The molecule has 0 radical (unpaired) electrons. The molecule has 4 N–H and O–H groups in total. The molecule has 1 aromatic heterocycles. The van der Waals surface area contributed by atoms with Gasteiger partial charge >= 0.3 is 0 Å². The van der Waals surface area contributed by atoms with Crippen LogP contribution in [0.15, 0.2) is 5.38 Å². The van der Waals surface area contributed by atoms with Crippen molar-refractivity contribution in [3.05, 3.63) is 16.1 Å². The number of carbonyl (C=O) groups is 2. The topological polar surface area (TPSA) is 97.1 Å². The number of nitrogens with two attached hydrogens (primary N) is 1. The molecule has 0 saturated carbocycles. The van der Waals surface area contributed by atoms with Crippen molar-refractivity contribution in [3.8, 4) is 0 Å².